The van der Waals surface area contributed by atoms with Crippen LogP contribution in [0.5, 0.6) is 0 Å². The minimum Gasteiger partial charge on any atom is -0.0843 e. The summed E-state index contributed by atoms with van der Waals surface area (Å²) in [5, 5.41) is 0. The van der Waals surface area contributed by atoms with Gasteiger partial charge in [-0.3, -0.25) is 0 Å². The zero-order valence-corrected chi connectivity index (χ0v) is 6.59. The first-order valence-electron chi connectivity index (χ1n) is 3.07. The van der Waals surface area contributed by atoms with Gasteiger partial charge in [0, 0.05) is 11.3 Å². The average Bonchev–Trinajstić information content (AvgIpc) is 1.80. The van der Waals surface area contributed by atoms with E-state index in [0.29, 0.717) is 0 Å². The Morgan fingerprint density at radius 1 is 1.33 bits per heavy atom. The standard InChI is InChI=1S/C8H10S/c1-6-3-4-7(2)8(9)5-6/h3-4H,5H2,1-2H3. The first-order chi connectivity index (χ1) is 4.20. The van der Waals surface area contributed by atoms with Crippen LogP contribution in [0.2, 0.25) is 0 Å². The summed E-state index contributed by atoms with van der Waals surface area (Å²) >= 11 is 5.10. The number of rotatable bonds is 0. The Hall–Kier alpha value is -0.430. The van der Waals surface area contributed by atoms with Crippen LogP contribution < -0.4 is 0 Å². The minimum absolute atomic E-state index is 0.984. The molecular weight excluding hydrogens is 128 g/mol. The maximum atomic E-state index is 5.10. The van der Waals surface area contributed by atoms with Crippen molar-refractivity contribution >= 4 is 17.1 Å². The third-order valence-corrected chi connectivity index (χ3v) is 1.96. The van der Waals surface area contributed by atoms with Crippen LogP contribution in [0, 0.1) is 0 Å². The molecule has 0 radical (unpaired) electrons. The van der Waals surface area contributed by atoms with Crippen LogP contribution in [0.3, 0.4) is 0 Å². The van der Waals surface area contributed by atoms with Gasteiger partial charge in [0.25, 0.3) is 0 Å². The van der Waals surface area contributed by atoms with Crippen molar-refractivity contribution in [1.82, 2.24) is 0 Å². The molecule has 0 aromatic rings. The summed E-state index contributed by atoms with van der Waals surface area (Å²) in [6.45, 7) is 4.17. The van der Waals surface area contributed by atoms with Crippen LogP contribution in [0.1, 0.15) is 20.3 Å². The topological polar surface area (TPSA) is 0 Å². The lowest BCUT2D eigenvalue weighted by molar-refractivity contribution is 1.25. The summed E-state index contributed by atoms with van der Waals surface area (Å²) in [5.41, 5.74) is 2.61. The Bertz CT molecular complexity index is 197. The normalized spacial score (nSPS) is 19.1. The van der Waals surface area contributed by atoms with Gasteiger partial charge in [0.1, 0.15) is 0 Å². The van der Waals surface area contributed by atoms with Gasteiger partial charge in [-0.15, -0.1) is 0 Å². The molecule has 0 aromatic heterocycles. The lowest BCUT2D eigenvalue weighted by Crippen LogP contribution is -2.00. The summed E-state index contributed by atoms with van der Waals surface area (Å²) in [6, 6.07) is 0. The Balaban J connectivity index is 2.86. The van der Waals surface area contributed by atoms with Gasteiger partial charge in [0.15, 0.2) is 0 Å². The van der Waals surface area contributed by atoms with E-state index >= 15 is 0 Å². The minimum atomic E-state index is 0.984. The SMILES string of the molecule is CC1=CC=C(C)C(=S)C1. The van der Waals surface area contributed by atoms with Crippen LogP contribution in [-0.2, 0) is 0 Å². The van der Waals surface area contributed by atoms with E-state index in [1.165, 1.54) is 11.1 Å². The molecule has 0 fully saturated rings. The fraction of sp³-hybridized carbons (Fsp3) is 0.375. The molecule has 0 N–H and O–H groups in total. The molecule has 1 aliphatic rings. The van der Waals surface area contributed by atoms with E-state index in [2.05, 4.69) is 26.0 Å². The Labute approximate surface area is 61.3 Å². The summed E-state index contributed by atoms with van der Waals surface area (Å²) < 4.78 is 0. The number of hydrogen-bond acceptors (Lipinski definition) is 1. The molecule has 0 bridgehead atoms. The molecular formula is C8H10S. The molecule has 48 valence electrons. The highest BCUT2D eigenvalue weighted by molar-refractivity contribution is 7.80. The highest BCUT2D eigenvalue weighted by Gasteiger charge is 2.03. The molecule has 0 aliphatic heterocycles. The van der Waals surface area contributed by atoms with Crippen LogP contribution in [-0.4, -0.2) is 4.86 Å². The van der Waals surface area contributed by atoms with E-state index in [1.807, 2.05) is 0 Å². The fourth-order valence-electron chi connectivity index (χ4n) is 0.812. The van der Waals surface area contributed by atoms with Crippen molar-refractivity contribution < 1.29 is 0 Å². The molecule has 0 atom stereocenters. The summed E-state index contributed by atoms with van der Waals surface area (Å²) in [5.74, 6) is 0. The molecule has 0 unspecified atom stereocenters. The van der Waals surface area contributed by atoms with E-state index in [-0.39, 0.29) is 0 Å². The van der Waals surface area contributed by atoms with Gasteiger partial charge >= 0.3 is 0 Å². The lowest BCUT2D eigenvalue weighted by Gasteiger charge is -2.08. The number of allylic oxidation sites excluding steroid dienone is 4. The van der Waals surface area contributed by atoms with E-state index in [9.17, 15) is 0 Å². The van der Waals surface area contributed by atoms with Crippen molar-refractivity contribution in [2.75, 3.05) is 0 Å². The highest BCUT2D eigenvalue weighted by atomic mass is 32.1. The van der Waals surface area contributed by atoms with E-state index < -0.39 is 0 Å². The molecule has 0 nitrogen and oxygen atoms in total. The molecule has 0 aromatic carbocycles. The lowest BCUT2D eigenvalue weighted by atomic mass is 10.0. The molecule has 0 amide bonds. The number of hydrogen-bond donors (Lipinski definition) is 0. The van der Waals surface area contributed by atoms with Crippen LogP contribution >= 0.6 is 12.2 Å². The van der Waals surface area contributed by atoms with Gasteiger partial charge in [0.05, 0.1) is 0 Å². The Morgan fingerprint density at radius 3 is 2.44 bits per heavy atom. The van der Waals surface area contributed by atoms with Crippen LogP contribution in [0.25, 0.3) is 0 Å². The average molecular weight is 138 g/mol. The third kappa shape index (κ3) is 1.49. The molecule has 0 saturated carbocycles. The van der Waals surface area contributed by atoms with Crippen molar-refractivity contribution in [3.8, 4) is 0 Å². The molecule has 1 rings (SSSR count). The van der Waals surface area contributed by atoms with Crippen molar-refractivity contribution in [3.05, 3.63) is 23.3 Å². The molecule has 9 heavy (non-hydrogen) atoms. The second-order valence-electron chi connectivity index (χ2n) is 2.46. The van der Waals surface area contributed by atoms with Crippen LogP contribution in [0.15, 0.2) is 23.3 Å². The second-order valence-corrected chi connectivity index (χ2v) is 2.96. The predicted molar refractivity (Wildman–Crippen MR) is 44.7 cm³/mol. The zero-order valence-electron chi connectivity index (χ0n) is 5.77. The van der Waals surface area contributed by atoms with Gasteiger partial charge in [-0.2, -0.15) is 0 Å². The number of thiocarbonyl (C=S) groups is 1. The van der Waals surface area contributed by atoms with Gasteiger partial charge in [-0.25, -0.2) is 0 Å². The summed E-state index contributed by atoms with van der Waals surface area (Å²) in [6.07, 6.45) is 5.20. The van der Waals surface area contributed by atoms with Crippen molar-refractivity contribution in [2.24, 2.45) is 0 Å². The maximum Gasteiger partial charge on any atom is 0.0221 e. The molecule has 0 saturated heterocycles. The van der Waals surface area contributed by atoms with E-state index in [0.717, 1.165) is 11.3 Å². The van der Waals surface area contributed by atoms with Gasteiger partial charge in [-0.05, 0) is 19.4 Å². The molecule has 0 spiro atoms. The van der Waals surface area contributed by atoms with Gasteiger partial charge < -0.3 is 0 Å². The summed E-state index contributed by atoms with van der Waals surface area (Å²) in [4.78, 5) is 1.09. The quantitative estimate of drug-likeness (QED) is 0.464. The zero-order chi connectivity index (χ0) is 6.85. The first-order valence-corrected chi connectivity index (χ1v) is 3.48. The smallest absolute Gasteiger partial charge is 0.0221 e. The van der Waals surface area contributed by atoms with E-state index in [4.69, 9.17) is 12.2 Å². The van der Waals surface area contributed by atoms with E-state index in [1.54, 1.807) is 0 Å². The second kappa shape index (κ2) is 2.44. The Morgan fingerprint density at radius 2 is 2.00 bits per heavy atom. The monoisotopic (exact) mass is 138 g/mol. The highest BCUT2D eigenvalue weighted by Crippen LogP contribution is 2.14. The molecule has 0 heterocycles. The maximum absolute atomic E-state index is 5.10. The predicted octanol–water partition coefficient (Wildman–Crippen LogP) is 2.65. The third-order valence-electron chi connectivity index (χ3n) is 1.50. The largest absolute Gasteiger partial charge is 0.0843 e. The molecule has 1 heteroatoms. The first kappa shape index (κ1) is 6.69. The Kier molecular flexibility index (Phi) is 1.81. The van der Waals surface area contributed by atoms with Crippen molar-refractivity contribution in [2.45, 2.75) is 20.3 Å². The summed E-state index contributed by atoms with van der Waals surface area (Å²) in [7, 11) is 0. The molecule has 1 aliphatic carbocycles. The van der Waals surface area contributed by atoms with Crippen molar-refractivity contribution in [1.29, 1.82) is 0 Å². The van der Waals surface area contributed by atoms with Gasteiger partial charge in [-0.1, -0.05) is 29.9 Å². The van der Waals surface area contributed by atoms with Gasteiger partial charge in [0.2, 0.25) is 0 Å². The van der Waals surface area contributed by atoms with Crippen molar-refractivity contribution in [3.63, 3.8) is 0 Å². The fourth-order valence-corrected chi connectivity index (χ4v) is 1.11. The van der Waals surface area contributed by atoms with Crippen LogP contribution in [0.4, 0.5) is 0 Å².